The van der Waals surface area contributed by atoms with Crippen LogP contribution in [0.15, 0.2) is 24.3 Å². The first kappa shape index (κ1) is 15.7. The van der Waals surface area contributed by atoms with Gasteiger partial charge in [-0.1, -0.05) is 12.1 Å². The van der Waals surface area contributed by atoms with Crippen LogP contribution < -0.4 is 10.6 Å². The monoisotopic (exact) mass is 309 g/mol. The van der Waals surface area contributed by atoms with Crippen LogP contribution in [-0.2, 0) is 4.79 Å². The highest BCUT2D eigenvalue weighted by Gasteiger charge is 2.24. The number of hydrogen-bond donors (Lipinski definition) is 1. The molecule has 1 amide bonds. The summed E-state index contributed by atoms with van der Waals surface area (Å²) in [4.78, 5) is 14.8. The molecule has 1 saturated heterocycles. The summed E-state index contributed by atoms with van der Waals surface area (Å²) in [7, 11) is 0. The van der Waals surface area contributed by atoms with Gasteiger partial charge in [0.15, 0.2) is 5.11 Å². The van der Waals surface area contributed by atoms with Crippen molar-refractivity contribution in [2.24, 2.45) is 11.7 Å². The standard InChI is InChI=1S/C15H20FN3OS/c1-11(20)18-8-6-12(7-9-18)10-19(15(17)21)14-5-3-2-4-13(14)16/h2-5,12H,6-10H2,1H3,(H2,17,21). The lowest BCUT2D eigenvalue weighted by atomic mass is 9.96. The lowest BCUT2D eigenvalue weighted by Gasteiger charge is -2.34. The van der Waals surface area contributed by atoms with Crippen molar-refractivity contribution in [2.45, 2.75) is 19.8 Å². The Kier molecular flexibility index (Phi) is 5.12. The first-order chi connectivity index (χ1) is 9.99. The number of carbonyl (C=O) groups excluding carboxylic acids is 1. The summed E-state index contributed by atoms with van der Waals surface area (Å²) < 4.78 is 13.9. The van der Waals surface area contributed by atoms with E-state index in [9.17, 15) is 9.18 Å². The average Bonchev–Trinajstić information content (AvgIpc) is 2.46. The zero-order chi connectivity index (χ0) is 15.4. The number of thiocarbonyl (C=S) groups is 1. The number of rotatable bonds is 3. The zero-order valence-corrected chi connectivity index (χ0v) is 12.9. The van der Waals surface area contributed by atoms with Crippen LogP contribution in [0.3, 0.4) is 0 Å². The van der Waals surface area contributed by atoms with Crippen molar-refractivity contribution in [3.8, 4) is 0 Å². The number of nitrogens with two attached hydrogens (primary N) is 1. The molecule has 0 unspecified atom stereocenters. The fourth-order valence-electron chi connectivity index (χ4n) is 2.67. The van der Waals surface area contributed by atoms with Gasteiger partial charge in [0.1, 0.15) is 5.82 Å². The van der Waals surface area contributed by atoms with Crippen molar-refractivity contribution in [3.05, 3.63) is 30.1 Å². The molecule has 0 atom stereocenters. The Labute approximate surface area is 129 Å². The number of para-hydroxylation sites is 1. The number of hydrogen-bond acceptors (Lipinski definition) is 2. The third-order valence-corrected chi connectivity index (χ3v) is 4.13. The summed E-state index contributed by atoms with van der Waals surface area (Å²) in [6.07, 6.45) is 1.76. The number of benzene rings is 1. The molecule has 0 saturated carbocycles. The van der Waals surface area contributed by atoms with Crippen LogP contribution in [0.25, 0.3) is 0 Å². The highest BCUT2D eigenvalue weighted by atomic mass is 32.1. The van der Waals surface area contributed by atoms with E-state index in [1.165, 1.54) is 6.07 Å². The minimum Gasteiger partial charge on any atom is -0.376 e. The van der Waals surface area contributed by atoms with E-state index in [1.54, 1.807) is 30.0 Å². The van der Waals surface area contributed by atoms with Gasteiger partial charge in [-0.3, -0.25) is 4.79 Å². The largest absolute Gasteiger partial charge is 0.376 e. The predicted octanol–water partition coefficient (Wildman–Crippen LogP) is 2.13. The maximum absolute atomic E-state index is 13.9. The van der Waals surface area contributed by atoms with Crippen molar-refractivity contribution >= 4 is 28.9 Å². The van der Waals surface area contributed by atoms with Gasteiger partial charge in [0, 0.05) is 26.6 Å². The summed E-state index contributed by atoms with van der Waals surface area (Å²) >= 11 is 5.06. The minimum absolute atomic E-state index is 0.105. The molecule has 1 fully saturated rings. The Hall–Kier alpha value is -1.69. The van der Waals surface area contributed by atoms with Gasteiger partial charge in [-0.05, 0) is 43.1 Å². The maximum Gasteiger partial charge on any atom is 0.219 e. The van der Waals surface area contributed by atoms with E-state index in [4.69, 9.17) is 18.0 Å². The zero-order valence-electron chi connectivity index (χ0n) is 12.1. The van der Waals surface area contributed by atoms with Crippen LogP contribution >= 0.6 is 12.2 Å². The summed E-state index contributed by atoms with van der Waals surface area (Å²) in [6, 6.07) is 6.49. The van der Waals surface area contributed by atoms with E-state index < -0.39 is 0 Å². The molecule has 4 nitrogen and oxygen atoms in total. The van der Waals surface area contributed by atoms with Crippen molar-refractivity contribution in [1.29, 1.82) is 0 Å². The van der Waals surface area contributed by atoms with E-state index in [-0.39, 0.29) is 16.8 Å². The van der Waals surface area contributed by atoms with Crippen LogP contribution in [0, 0.1) is 11.7 Å². The second kappa shape index (κ2) is 6.85. The summed E-state index contributed by atoms with van der Waals surface area (Å²) in [5.41, 5.74) is 6.17. The van der Waals surface area contributed by atoms with Crippen LogP contribution in [0.4, 0.5) is 10.1 Å². The van der Waals surface area contributed by atoms with Crippen LogP contribution in [0.5, 0.6) is 0 Å². The number of amides is 1. The second-order valence-corrected chi connectivity index (χ2v) is 5.77. The van der Waals surface area contributed by atoms with Crippen molar-refractivity contribution in [1.82, 2.24) is 4.90 Å². The number of carbonyl (C=O) groups is 1. The lowest BCUT2D eigenvalue weighted by Crippen LogP contribution is -2.44. The third-order valence-electron chi connectivity index (χ3n) is 3.91. The molecule has 1 aliphatic rings. The van der Waals surface area contributed by atoms with Gasteiger partial charge >= 0.3 is 0 Å². The molecule has 0 radical (unpaired) electrons. The molecule has 0 spiro atoms. The number of anilines is 1. The first-order valence-corrected chi connectivity index (χ1v) is 7.47. The van der Waals surface area contributed by atoms with E-state index in [1.807, 2.05) is 4.90 Å². The van der Waals surface area contributed by atoms with Gasteiger partial charge in [-0.15, -0.1) is 0 Å². The van der Waals surface area contributed by atoms with Gasteiger partial charge in [-0.25, -0.2) is 4.39 Å². The Morgan fingerprint density at radius 1 is 1.43 bits per heavy atom. The molecule has 1 heterocycles. The van der Waals surface area contributed by atoms with E-state index in [0.717, 1.165) is 25.9 Å². The first-order valence-electron chi connectivity index (χ1n) is 7.06. The summed E-state index contributed by atoms with van der Waals surface area (Å²) in [5, 5.41) is 0.175. The molecule has 1 aromatic rings. The number of halogens is 1. The molecule has 1 aliphatic heterocycles. The fraction of sp³-hybridized carbons (Fsp3) is 0.467. The third kappa shape index (κ3) is 3.91. The lowest BCUT2D eigenvalue weighted by molar-refractivity contribution is -0.130. The fourth-order valence-corrected chi connectivity index (χ4v) is 2.84. The van der Waals surface area contributed by atoms with Crippen molar-refractivity contribution in [2.75, 3.05) is 24.5 Å². The second-order valence-electron chi connectivity index (χ2n) is 5.35. The normalized spacial score (nSPS) is 15.8. The van der Waals surface area contributed by atoms with Gasteiger partial charge < -0.3 is 15.5 Å². The molecular formula is C15H20FN3OS. The Morgan fingerprint density at radius 3 is 2.57 bits per heavy atom. The van der Waals surface area contributed by atoms with Gasteiger partial charge in [-0.2, -0.15) is 0 Å². The predicted molar refractivity (Wildman–Crippen MR) is 85.5 cm³/mol. The molecule has 6 heteroatoms. The summed E-state index contributed by atoms with van der Waals surface area (Å²) in [6.45, 7) is 3.65. The average molecular weight is 309 g/mol. The van der Waals surface area contributed by atoms with E-state index >= 15 is 0 Å². The Balaban J connectivity index is 2.04. The van der Waals surface area contributed by atoms with Gasteiger partial charge in [0.25, 0.3) is 0 Å². The van der Waals surface area contributed by atoms with Gasteiger partial charge in [0.05, 0.1) is 5.69 Å². The van der Waals surface area contributed by atoms with Crippen LogP contribution in [0.1, 0.15) is 19.8 Å². The molecule has 1 aromatic carbocycles. The quantitative estimate of drug-likeness (QED) is 0.869. The molecule has 114 valence electrons. The Morgan fingerprint density at radius 2 is 2.05 bits per heavy atom. The Bertz CT molecular complexity index is 529. The number of nitrogens with zero attached hydrogens (tertiary/aromatic N) is 2. The highest BCUT2D eigenvalue weighted by Crippen LogP contribution is 2.24. The number of likely N-dealkylation sites (tertiary alicyclic amines) is 1. The van der Waals surface area contributed by atoms with Gasteiger partial charge in [0.2, 0.25) is 5.91 Å². The molecule has 0 bridgehead atoms. The molecular weight excluding hydrogens is 289 g/mol. The smallest absolute Gasteiger partial charge is 0.219 e. The topological polar surface area (TPSA) is 49.6 Å². The minimum atomic E-state index is -0.327. The highest BCUT2D eigenvalue weighted by molar-refractivity contribution is 7.80. The maximum atomic E-state index is 13.9. The SMILES string of the molecule is CC(=O)N1CCC(CN(C(N)=S)c2ccccc2F)CC1. The molecule has 2 rings (SSSR count). The number of piperidine rings is 1. The van der Waals surface area contributed by atoms with E-state index in [0.29, 0.717) is 18.2 Å². The molecule has 0 aromatic heterocycles. The van der Waals surface area contributed by atoms with Crippen molar-refractivity contribution in [3.63, 3.8) is 0 Å². The van der Waals surface area contributed by atoms with E-state index in [2.05, 4.69) is 0 Å². The molecule has 0 aliphatic carbocycles. The van der Waals surface area contributed by atoms with Crippen molar-refractivity contribution < 1.29 is 9.18 Å². The summed E-state index contributed by atoms with van der Waals surface area (Å²) in [5.74, 6) is 0.127. The van der Waals surface area contributed by atoms with Crippen LogP contribution in [0.2, 0.25) is 0 Å². The molecule has 21 heavy (non-hydrogen) atoms. The molecule has 2 N–H and O–H groups in total. The van der Waals surface area contributed by atoms with Crippen LogP contribution in [-0.4, -0.2) is 35.6 Å².